The van der Waals surface area contributed by atoms with E-state index in [-0.39, 0.29) is 31.1 Å². The van der Waals surface area contributed by atoms with Crippen LogP contribution in [0.2, 0.25) is 0 Å². The fourth-order valence-electron chi connectivity index (χ4n) is 7.74. The molecule has 6 heteroatoms. The van der Waals surface area contributed by atoms with E-state index in [0.29, 0.717) is 19.3 Å². The van der Waals surface area contributed by atoms with Crippen LogP contribution in [0.5, 0.6) is 0 Å². The predicted octanol–water partition coefficient (Wildman–Crippen LogP) is 16.4. The quantitative estimate of drug-likeness (QED) is 0.0346. The van der Waals surface area contributed by atoms with Gasteiger partial charge in [0.15, 0.2) is 6.10 Å². The summed E-state index contributed by atoms with van der Waals surface area (Å²) in [6, 6.07) is 0. The number of esters is 3. The lowest BCUT2D eigenvalue weighted by molar-refractivity contribution is -0.167. The highest BCUT2D eigenvalue weighted by atomic mass is 16.6. The molecule has 6 nitrogen and oxygen atoms in total. The Bertz CT molecular complexity index is 844. The van der Waals surface area contributed by atoms with Crippen molar-refractivity contribution < 1.29 is 28.6 Å². The molecule has 0 aromatic heterocycles. The van der Waals surface area contributed by atoms with E-state index in [4.69, 9.17) is 14.2 Å². The maximum atomic E-state index is 12.8. The number of rotatable bonds is 47. The van der Waals surface area contributed by atoms with Crippen molar-refractivity contribution in [1.82, 2.24) is 0 Å². The third-order valence-electron chi connectivity index (χ3n) is 11.6. The molecule has 0 aromatic carbocycles. The summed E-state index contributed by atoms with van der Waals surface area (Å²) in [5.41, 5.74) is 0. The predicted molar refractivity (Wildman–Crippen MR) is 243 cm³/mol. The molecule has 0 unspecified atom stereocenters. The molecule has 0 fully saturated rings. The molecule has 0 heterocycles. The van der Waals surface area contributed by atoms with Crippen molar-refractivity contribution in [3.63, 3.8) is 0 Å². The molecular formula is C51H98O6. The smallest absolute Gasteiger partial charge is 0.306 e. The third kappa shape index (κ3) is 45.3. The lowest BCUT2D eigenvalue weighted by Gasteiger charge is -2.18. The Hall–Kier alpha value is -1.59. The van der Waals surface area contributed by atoms with Crippen molar-refractivity contribution in [2.45, 2.75) is 297 Å². The molecular weight excluding hydrogens is 709 g/mol. The molecule has 0 spiro atoms. The second-order valence-corrected chi connectivity index (χ2v) is 17.5. The van der Waals surface area contributed by atoms with Crippen LogP contribution in [0, 0.1) is 0 Å². The third-order valence-corrected chi connectivity index (χ3v) is 11.6. The van der Waals surface area contributed by atoms with Gasteiger partial charge in [-0.05, 0) is 19.3 Å². The van der Waals surface area contributed by atoms with Crippen LogP contribution in [0.1, 0.15) is 290 Å². The first kappa shape index (κ1) is 55.4. The zero-order valence-corrected chi connectivity index (χ0v) is 38.6. The number of ether oxygens (including phenoxy) is 3. The van der Waals surface area contributed by atoms with Crippen LogP contribution in [0.3, 0.4) is 0 Å². The van der Waals surface area contributed by atoms with Crippen LogP contribution in [0.15, 0.2) is 0 Å². The fourth-order valence-corrected chi connectivity index (χ4v) is 7.74. The second-order valence-electron chi connectivity index (χ2n) is 17.5. The zero-order chi connectivity index (χ0) is 41.5. The first-order chi connectivity index (χ1) is 28.0. The van der Waals surface area contributed by atoms with Gasteiger partial charge in [-0.1, -0.05) is 252 Å². The monoisotopic (exact) mass is 807 g/mol. The molecule has 0 amide bonds. The summed E-state index contributed by atoms with van der Waals surface area (Å²) >= 11 is 0. The van der Waals surface area contributed by atoms with Gasteiger partial charge in [0.1, 0.15) is 13.2 Å². The Labute approximate surface area is 355 Å². The van der Waals surface area contributed by atoms with E-state index in [9.17, 15) is 14.4 Å². The van der Waals surface area contributed by atoms with Gasteiger partial charge >= 0.3 is 17.9 Å². The van der Waals surface area contributed by atoms with E-state index in [1.807, 2.05) is 0 Å². The molecule has 1 atom stereocenters. The van der Waals surface area contributed by atoms with E-state index in [1.54, 1.807) is 0 Å². The first-order valence-corrected chi connectivity index (χ1v) is 25.5. The van der Waals surface area contributed by atoms with E-state index < -0.39 is 6.10 Å². The Morgan fingerprint density at radius 3 is 0.702 bits per heavy atom. The molecule has 0 aliphatic heterocycles. The molecule has 0 rings (SSSR count). The average molecular weight is 807 g/mol. The van der Waals surface area contributed by atoms with Gasteiger partial charge in [0, 0.05) is 19.3 Å². The topological polar surface area (TPSA) is 78.9 Å². The molecule has 0 aliphatic carbocycles. The minimum absolute atomic E-state index is 0.0624. The molecule has 0 N–H and O–H groups in total. The standard InChI is InChI=1S/C51H98O6/c1-4-7-10-13-16-19-21-22-23-24-25-26-27-28-30-33-36-39-42-45-51(54)57-48(46-55-49(52)43-40-37-34-31-18-15-12-9-6-3)47-56-50(53)44-41-38-35-32-29-20-17-14-11-8-5-2/h48H,4-47H2,1-3H3/t48-/m1/s1. The summed E-state index contributed by atoms with van der Waals surface area (Å²) < 4.78 is 16.8. The van der Waals surface area contributed by atoms with Gasteiger partial charge in [0.2, 0.25) is 0 Å². The van der Waals surface area contributed by atoms with Gasteiger partial charge in [-0.25, -0.2) is 0 Å². The van der Waals surface area contributed by atoms with Gasteiger partial charge in [-0.3, -0.25) is 14.4 Å². The summed E-state index contributed by atoms with van der Waals surface area (Å²) in [5, 5.41) is 0. The fraction of sp³-hybridized carbons (Fsp3) is 0.941. The molecule has 0 bridgehead atoms. The Balaban J connectivity index is 4.21. The largest absolute Gasteiger partial charge is 0.462 e. The van der Waals surface area contributed by atoms with Crippen LogP contribution < -0.4 is 0 Å². The minimum atomic E-state index is -0.758. The molecule has 0 saturated carbocycles. The van der Waals surface area contributed by atoms with E-state index >= 15 is 0 Å². The average Bonchev–Trinajstić information content (AvgIpc) is 3.21. The second kappa shape index (κ2) is 47.1. The maximum absolute atomic E-state index is 12.8. The van der Waals surface area contributed by atoms with Crippen LogP contribution >= 0.6 is 0 Å². The highest BCUT2D eigenvalue weighted by molar-refractivity contribution is 5.71. The summed E-state index contributed by atoms with van der Waals surface area (Å²) in [4.78, 5) is 37.8. The summed E-state index contributed by atoms with van der Waals surface area (Å²) in [6.07, 6.45) is 49.5. The van der Waals surface area contributed by atoms with Crippen molar-refractivity contribution in [1.29, 1.82) is 0 Å². The van der Waals surface area contributed by atoms with Crippen molar-refractivity contribution >= 4 is 17.9 Å². The molecule has 0 aliphatic rings. The van der Waals surface area contributed by atoms with Gasteiger partial charge in [0.25, 0.3) is 0 Å². The number of hydrogen-bond acceptors (Lipinski definition) is 6. The van der Waals surface area contributed by atoms with Gasteiger partial charge in [-0.2, -0.15) is 0 Å². The van der Waals surface area contributed by atoms with Gasteiger partial charge in [-0.15, -0.1) is 0 Å². The van der Waals surface area contributed by atoms with Gasteiger partial charge < -0.3 is 14.2 Å². The van der Waals surface area contributed by atoms with Crippen LogP contribution in [0.4, 0.5) is 0 Å². The van der Waals surface area contributed by atoms with E-state index in [1.165, 1.54) is 193 Å². The minimum Gasteiger partial charge on any atom is -0.462 e. The summed E-state index contributed by atoms with van der Waals surface area (Å²) in [6.45, 7) is 6.65. The van der Waals surface area contributed by atoms with Crippen molar-refractivity contribution in [3.8, 4) is 0 Å². The van der Waals surface area contributed by atoms with Crippen LogP contribution in [-0.4, -0.2) is 37.2 Å². The zero-order valence-electron chi connectivity index (χ0n) is 38.6. The highest BCUT2D eigenvalue weighted by Crippen LogP contribution is 2.17. The number of carbonyl (C=O) groups excluding carboxylic acids is 3. The molecule has 57 heavy (non-hydrogen) atoms. The van der Waals surface area contributed by atoms with E-state index in [0.717, 1.165) is 57.8 Å². The first-order valence-electron chi connectivity index (χ1n) is 25.5. The van der Waals surface area contributed by atoms with E-state index in [2.05, 4.69) is 20.8 Å². The molecule has 0 aromatic rings. The Morgan fingerprint density at radius 1 is 0.281 bits per heavy atom. The van der Waals surface area contributed by atoms with Gasteiger partial charge in [0.05, 0.1) is 0 Å². The van der Waals surface area contributed by atoms with Crippen molar-refractivity contribution in [2.75, 3.05) is 13.2 Å². The Kier molecular flexibility index (Phi) is 45.8. The lowest BCUT2D eigenvalue weighted by Crippen LogP contribution is -2.30. The normalized spacial score (nSPS) is 11.8. The number of unbranched alkanes of at least 4 members (excludes halogenated alkanes) is 36. The SMILES string of the molecule is CCCCCCCCCCCCCCCCCCCCCC(=O)O[C@H](COC(=O)CCCCCCCCCCC)COC(=O)CCCCCCCCCCCCC. The number of carbonyl (C=O) groups is 3. The van der Waals surface area contributed by atoms with Crippen molar-refractivity contribution in [3.05, 3.63) is 0 Å². The summed E-state index contributed by atoms with van der Waals surface area (Å²) in [7, 11) is 0. The maximum Gasteiger partial charge on any atom is 0.306 e. The summed E-state index contributed by atoms with van der Waals surface area (Å²) in [5.74, 6) is -0.847. The Morgan fingerprint density at radius 2 is 0.474 bits per heavy atom. The molecule has 0 radical (unpaired) electrons. The van der Waals surface area contributed by atoms with Crippen molar-refractivity contribution in [2.24, 2.45) is 0 Å². The van der Waals surface area contributed by atoms with Crippen LogP contribution in [0.25, 0.3) is 0 Å². The molecule has 0 saturated heterocycles. The lowest BCUT2D eigenvalue weighted by atomic mass is 10.0. The van der Waals surface area contributed by atoms with Crippen LogP contribution in [-0.2, 0) is 28.6 Å². The number of hydrogen-bond donors (Lipinski definition) is 0. The molecule has 338 valence electrons. The highest BCUT2D eigenvalue weighted by Gasteiger charge is 2.19.